The Bertz CT molecular complexity index is 1260. The Kier molecular flexibility index (Phi) is 7.93. The van der Waals surface area contributed by atoms with Crippen molar-refractivity contribution in [3.63, 3.8) is 0 Å². The lowest BCUT2D eigenvalue weighted by molar-refractivity contribution is -0.117. The molecule has 2 aliphatic heterocycles. The van der Waals surface area contributed by atoms with Gasteiger partial charge in [0.2, 0.25) is 5.91 Å². The van der Waals surface area contributed by atoms with Gasteiger partial charge in [0.1, 0.15) is 11.6 Å². The molecular formula is C23H29F2N5O3S2. The van der Waals surface area contributed by atoms with E-state index in [-0.39, 0.29) is 13.7 Å². The molecule has 0 saturated carbocycles. The van der Waals surface area contributed by atoms with Gasteiger partial charge in [-0.05, 0) is 42.8 Å². The van der Waals surface area contributed by atoms with E-state index in [0.717, 1.165) is 44.4 Å². The van der Waals surface area contributed by atoms with Crippen LogP contribution < -0.4 is 19.8 Å². The summed E-state index contributed by atoms with van der Waals surface area (Å²) in [5, 5.41) is 5.20. The van der Waals surface area contributed by atoms with Gasteiger partial charge >= 0.3 is 0 Å². The number of carbonyl (C=O) groups is 1. The molecule has 35 heavy (non-hydrogen) atoms. The smallest absolute Gasteiger partial charge is 0.263 e. The normalized spacial score (nSPS) is 16.1. The molecule has 0 aliphatic carbocycles. The van der Waals surface area contributed by atoms with Crippen LogP contribution in [0.2, 0.25) is 0 Å². The number of aromatic nitrogens is 1. The molecule has 2 fully saturated rings. The van der Waals surface area contributed by atoms with E-state index >= 15 is 0 Å². The van der Waals surface area contributed by atoms with E-state index in [2.05, 4.69) is 15.0 Å². The molecule has 1 amide bonds. The Morgan fingerprint density at radius 2 is 1.80 bits per heavy atom. The van der Waals surface area contributed by atoms with Crippen LogP contribution in [0.5, 0.6) is 0 Å². The minimum absolute atomic E-state index is 0. The Morgan fingerprint density at radius 3 is 2.40 bits per heavy atom. The highest BCUT2D eigenvalue weighted by Crippen LogP contribution is 2.24. The number of halogens is 2. The Hall–Kier alpha value is -3.09. The molecule has 3 heterocycles. The zero-order chi connectivity index (χ0) is 24.8. The van der Waals surface area contributed by atoms with Crippen molar-refractivity contribution in [2.45, 2.75) is 17.7 Å². The zero-order valence-corrected chi connectivity index (χ0v) is 20.4. The Balaban J connectivity index is 0.000000265. The molecule has 2 saturated heterocycles. The topological polar surface area (TPSA) is 94.6 Å². The molecule has 2 aliphatic rings. The fourth-order valence-electron chi connectivity index (χ4n) is 3.82. The van der Waals surface area contributed by atoms with E-state index in [9.17, 15) is 22.0 Å². The maximum absolute atomic E-state index is 13.3. The molecule has 5 rings (SSSR count). The van der Waals surface area contributed by atoms with Crippen LogP contribution in [-0.2, 0) is 14.8 Å². The van der Waals surface area contributed by atoms with Crippen molar-refractivity contribution in [3.05, 3.63) is 65.7 Å². The number of nitrogens with zero attached hydrogens (tertiary/aromatic N) is 3. The molecule has 0 spiro atoms. The van der Waals surface area contributed by atoms with Crippen LogP contribution in [0.1, 0.15) is 15.7 Å². The number of piperazine rings is 1. The molecule has 2 N–H and O–H groups in total. The zero-order valence-electron chi connectivity index (χ0n) is 18.8. The summed E-state index contributed by atoms with van der Waals surface area (Å²) < 4.78 is 52.7. The lowest BCUT2D eigenvalue weighted by Gasteiger charge is -2.29. The van der Waals surface area contributed by atoms with Crippen molar-refractivity contribution in [2.24, 2.45) is 0 Å². The third-order valence-electron chi connectivity index (χ3n) is 5.55. The van der Waals surface area contributed by atoms with Gasteiger partial charge in [-0.25, -0.2) is 22.2 Å². The van der Waals surface area contributed by atoms with E-state index in [4.69, 9.17) is 0 Å². The second kappa shape index (κ2) is 11.1. The van der Waals surface area contributed by atoms with Crippen molar-refractivity contribution in [2.75, 3.05) is 47.2 Å². The number of sulfonamides is 1. The fraction of sp³-hybridized carbons (Fsp3) is 0.304. The van der Waals surface area contributed by atoms with Crippen molar-refractivity contribution in [3.8, 4) is 0 Å². The quantitative estimate of drug-likeness (QED) is 0.524. The van der Waals surface area contributed by atoms with E-state index in [1.807, 2.05) is 4.90 Å². The third-order valence-corrected chi connectivity index (χ3v) is 7.73. The third kappa shape index (κ3) is 6.32. The molecule has 12 heteroatoms. The van der Waals surface area contributed by atoms with Gasteiger partial charge in [-0.15, -0.1) is 11.3 Å². The average Bonchev–Trinajstić information content (AvgIpc) is 3.51. The van der Waals surface area contributed by atoms with Crippen LogP contribution in [0, 0.1) is 11.6 Å². The number of nitrogens with one attached hydrogen (secondary N) is 2. The monoisotopic (exact) mass is 525 g/mol. The number of anilines is 3. The number of hydrogen-bond donors (Lipinski definition) is 2. The first-order valence-corrected chi connectivity index (χ1v) is 13.4. The molecule has 3 aromatic rings. The molecule has 1 aromatic heterocycles. The molecule has 2 aromatic carbocycles. The van der Waals surface area contributed by atoms with E-state index in [1.54, 1.807) is 22.4 Å². The summed E-state index contributed by atoms with van der Waals surface area (Å²) in [5.41, 5.74) is 1.22. The summed E-state index contributed by atoms with van der Waals surface area (Å²) in [6.07, 6.45) is 2.92. The molecule has 0 bridgehead atoms. The van der Waals surface area contributed by atoms with Gasteiger partial charge in [0, 0.05) is 65.3 Å². The predicted octanol–water partition coefficient (Wildman–Crippen LogP) is 3.94. The molecular weight excluding hydrogens is 496 g/mol. The maximum atomic E-state index is 13.3. The van der Waals surface area contributed by atoms with Gasteiger partial charge in [0.15, 0.2) is 5.13 Å². The number of thiazole rings is 1. The van der Waals surface area contributed by atoms with Crippen LogP contribution in [0.4, 0.5) is 25.3 Å². The van der Waals surface area contributed by atoms with Gasteiger partial charge in [-0.1, -0.05) is 0 Å². The highest BCUT2D eigenvalue weighted by atomic mass is 32.2. The summed E-state index contributed by atoms with van der Waals surface area (Å²) in [6.45, 7) is 3.90. The second-order valence-electron chi connectivity index (χ2n) is 7.92. The summed E-state index contributed by atoms with van der Waals surface area (Å²) in [6, 6.07) is 10.0. The van der Waals surface area contributed by atoms with Gasteiger partial charge in [-0.2, -0.15) is 0 Å². The summed E-state index contributed by atoms with van der Waals surface area (Å²) in [4.78, 5) is 19.3. The molecule has 0 radical (unpaired) electrons. The molecule has 190 valence electrons. The Morgan fingerprint density at radius 1 is 1.06 bits per heavy atom. The summed E-state index contributed by atoms with van der Waals surface area (Å²) >= 11 is 1.21. The predicted molar refractivity (Wildman–Crippen MR) is 137 cm³/mol. The van der Waals surface area contributed by atoms with Crippen molar-refractivity contribution in [1.82, 2.24) is 10.3 Å². The average molecular weight is 526 g/mol. The highest BCUT2D eigenvalue weighted by Gasteiger charge is 2.22. The summed E-state index contributed by atoms with van der Waals surface area (Å²) in [5.74, 6) is -0.931. The van der Waals surface area contributed by atoms with Crippen molar-refractivity contribution < 1.29 is 24.8 Å². The van der Waals surface area contributed by atoms with E-state index < -0.39 is 21.7 Å². The molecule has 0 atom stereocenters. The first-order valence-electron chi connectivity index (χ1n) is 11.1. The van der Waals surface area contributed by atoms with Crippen LogP contribution in [-0.4, -0.2) is 52.0 Å². The van der Waals surface area contributed by atoms with Gasteiger partial charge < -0.3 is 15.1 Å². The standard InChI is InChI=1S/C13H13N3O3S2.C10H12F2N2.2H2/c17-12-2-1-8-16(12)10-3-5-11(6-4-10)21(18,19)15-13-14-7-9-20-13;11-8-1-2-10(9(12)7-8)14-5-3-13-4-6-14;;/h3-7,9H,1-2,8H2,(H,14,15);1-2,7,13H,3-6H2;2*1H. The lowest BCUT2D eigenvalue weighted by atomic mass is 10.2. The van der Waals surface area contributed by atoms with Crippen molar-refractivity contribution in [1.29, 1.82) is 0 Å². The first kappa shape index (κ1) is 25.0. The SMILES string of the molecule is Fc1ccc(N2CCNCC2)c(F)c1.O=C1CCCN1c1ccc(S(=O)(=O)Nc2nccs2)cc1.[HH].[HH]. The largest absolute Gasteiger partial charge is 0.367 e. The van der Waals surface area contributed by atoms with Crippen LogP contribution in [0.25, 0.3) is 0 Å². The Labute approximate surface area is 209 Å². The molecule has 0 unspecified atom stereocenters. The minimum Gasteiger partial charge on any atom is -0.367 e. The first-order chi connectivity index (χ1) is 16.8. The van der Waals surface area contributed by atoms with Gasteiger partial charge in [-0.3, -0.25) is 9.52 Å². The fourth-order valence-corrected chi connectivity index (χ4v) is 5.61. The molecule has 8 nitrogen and oxygen atoms in total. The van der Waals surface area contributed by atoms with Crippen LogP contribution in [0.15, 0.2) is 58.9 Å². The maximum Gasteiger partial charge on any atom is 0.263 e. The van der Waals surface area contributed by atoms with Gasteiger partial charge in [0.25, 0.3) is 10.0 Å². The van der Waals surface area contributed by atoms with Crippen LogP contribution in [0.3, 0.4) is 0 Å². The number of carbonyl (C=O) groups excluding carboxylic acids is 1. The van der Waals surface area contributed by atoms with Gasteiger partial charge in [0.05, 0.1) is 10.6 Å². The minimum atomic E-state index is -3.64. The van der Waals surface area contributed by atoms with Crippen molar-refractivity contribution >= 4 is 43.8 Å². The number of benzene rings is 2. The summed E-state index contributed by atoms with van der Waals surface area (Å²) in [7, 11) is -3.64. The highest BCUT2D eigenvalue weighted by molar-refractivity contribution is 7.93. The second-order valence-corrected chi connectivity index (χ2v) is 10.5. The van der Waals surface area contributed by atoms with Crippen LogP contribution >= 0.6 is 11.3 Å². The lowest BCUT2D eigenvalue weighted by Crippen LogP contribution is -2.43. The number of amides is 1. The van der Waals surface area contributed by atoms with E-state index in [0.29, 0.717) is 23.8 Å². The number of hydrogen-bond acceptors (Lipinski definition) is 7. The van der Waals surface area contributed by atoms with E-state index in [1.165, 1.54) is 41.8 Å². The number of rotatable bonds is 5.